The number of nitrogens with one attached hydrogen (secondary N) is 1. The maximum Gasteiger partial charge on any atom is 0.220 e. The Bertz CT molecular complexity index is 1260. The number of unbranched alkanes of at least 4 members (excludes halogenated alkanes) is 11. The first kappa shape index (κ1) is 54.6. The van der Waals surface area contributed by atoms with Crippen molar-refractivity contribution in [2.75, 3.05) is 26.4 Å². The van der Waals surface area contributed by atoms with Crippen molar-refractivity contribution in [1.29, 1.82) is 0 Å². The zero-order valence-electron chi connectivity index (χ0n) is 36.3. The number of amides is 1. The van der Waals surface area contributed by atoms with Crippen LogP contribution in [0, 0.1) is 0 Å². The van der Waals surface area contributed by atoms with Gasteiger partial charge in [-0.3, -0.25) is 4.79 Å². The van der Waals surface area contributed by atoms with Crippen LogP contribution in [0.3, 0.4) is 0 Å². The van der Waals surface area contributed by atoms with E-state index in [-0.39, 0.29) is 18.9 Å². The van der Waals surface area contributed by atoms with E-state index in [4.69, 9.17) is 28.4 Å². The largest absolute Gasteiger partial charge is 0.394 e. The van der Waals surface area contributed by atoms with Crippen LogP contribution < -0.4 is 5.32 Å². The number of rotatable bonds is 29. The number of hydrogen-bond donors (Lipinski definition) is 12. The van der Waals surface area contributed by atoms with Crippen LogP contribution in [0.2, 0.25) is 0 Å². The van der Waals surface area contributed by atoms with Crippen LogP contribution in [-0.4, -0.2) is 193 Å². The smallest absolute Gasteiger partial charge is 0.220 e. The molecule has 12 N–H and O–H groups in total. The first-order chi connectivity index (χ1) is 29.8. The SMILES string of the molecule is CCCC/C=C\CCCCCCCC(=O)NC(COC1OC(CO)C(OC2OC(CO)C(OC3OC(CO)C(O)C(O)C3O)C(O)C2O)C(O)C1O)C(O)/C=C/CCCCCC. The number of carbonyl (C=O) groups is 1. The third-order valence-electron chi connectivity index (χ3n) is 11.5. The third kappa shape index (κ3) is 16.9. The molecule has 3 aliphatic heterocycles. The number of aliphatic hydroxyl groups is 11. The molecule has 62 heavy (non-hydrogen) atoms. The van der Waals surface area contributed by atoms with E-state index in [9.17, 15) is 61.0 Å². The van der Waals surface area contributed by atoms with Gasteiger partial charge >= 0.3 is 0 Å². The molecule has 3 heterocycles. The summed E-state index contributed by atoms with van der Waals surface area (Å²) in [4.78, 5) is 13.0. The van der Waals surface area contributed by atoms with Gasteiger partial charge in [0.25, 0.3) is 0 Å². The predicted octanol–water partition coefficient (Wildman–Crippen LogP) is -0.699. The topological polar surface area (TPSA) is 307 Å². The molecular formula is C43H77NO18. The molecule has 0 aliphatic carbocycles. The zero-order chi connectivity index (χ0) is 45.6. The first-order valence-corrected chi connectivity index (χ1v) is 22.6. The number of allylic oxidation sites excluding steroid dienone is 3. The Morgan fingerprint density at radius 3 is 1.61 bits per heavy atom. The summed E-state index contributed by atoms with van der Waals surface area (Å²) >= 11 is 0. The molecule has 0 bridgehead atoms. The molecule has 0 aromatic heterocycles. The van der Waals surface area contributed by atoms with Crippen molar-refractivity contribution in [3.63, 3.8) is 0 Å². The van der Waals surface area contributed by atoms with E-state index in [1.54, 1.807) is 6.08 Å². The lowest BCUT2D eigenvalue weighted by molar-refractivity contribution is -0.379. The van der Waals surface area contributed by atoms with E-state index in [1.165, 1.54) is 12.8 Å². The van der Waals surface area contributed by atoms with Crippen molar-refractivity contribution in [3.8, 4) is 0 Å². The van der Waals surface area contributed by atoms with Gasteiger partial charge in [0.2, 0.25) is 5.91 Å². The Morgan fingerprint density at radius 1 is 0.565 bits per heavy atom. The van der Waals surface area contributed by atoms with Gasteiger partial charge in [-0.1, -0.05) is 89.5 Å². The maximum absolute atomic E-state index is 13.0. The molecule has 0 radical (unpaired) electrons. The van der Waals surface area contributed by atoms with Crippen molar-refractivity contribution in [3.05, 3.63) is 24.3 Å². The molecule has 17 atom stereocenters. The van der Waals surface area contributed by atoms with Crippen LogP contribution in [-0.2, 0) is 33.2 Å². The predicted molar refractivity (Wildman–Crippen MR) is 222 cm³/mol. The Balaban J connectivity index is 1.59. The van der Waals surface area contributed by atoms with Gasteiger partial charge in [0.15, 0.2) is 18.9 Å². The van der Waals surface area contributed by atoms with E-state index in [1.807, 2.05) is 6.08 Å². The van der Waals surface area contributed by atoms with Crippen molar-refractivity contribution in [1.82, 2.24) is 5.32 Å². The number of hydrogen-bond acceptors (Lipinski definition) is 18. The second kappa shape index (κ2) is 29.7. The fourth-order valence-corrected chi connectivity index (χ4v) is 7.58. The van der Waals surface area contributed by atoms with Crippen LogP contribution in [0.5, 0.6) is 0 Å². The average molecular weight is 896 g/mol. The summed E-state index contributed by atoms with van der Waals surface area (Å²) in [5, 5.41) is 119. The lowest BCUT2D eigenvalue weighted by Gasteiger charge is -2.48. The second-order valence-electron chi connectivity index (χ2n) is 16.5. The number of ether oxygens (including phenoxy) is 6. The Kier molecular flexibility index (Phi) is 26.2. The fourth-order valence-electron chi connectivity index (χ4n) is 7.58. The molecule has 3 aliphatic rings. The molecule has 19 nitrogen and oxygen atoms in total. The van der Waals surface area contributed by atoms with Gasteiger partial charge in [-0.25, -0.2) is 0 Å². The molecule has 3 fully saturated rings. The maximum atomic E-state index is 13.0. The molecule has 0 aromatic rings. The molecule has 362 valence electrons. The monoisotopic (exact) mass is 896 g/mol. The minimum absolute atomic E-state index is 0.231. The van der Waals surface area contributed by atoms with Crippen LogP contribution >= 0.6 is 0 Å². The van der Waals surface area contributed by atoms with E-state index in [0.717, 1.165) is 70.6 Å². The van der Waals surface area contributed by atoms with Crippen LogP contribution in [0.4, 0.5) is 0 Å². The Hall–Kier alpha value is -1.73. The summed E-state index contributed by atoms with van der Waals surface area (Å²) in [5.74, 6) is -0.296. The summed E-state index contributed by atoms with van der Waals surface area (Å²) in [6.07, 6.45) is -4.57. The molecular weight excluding hydrogens is 818 g/mol. The molecule has 17 unspecified atom stereocenters. The second-order valence-corrected chi connectivity index (χ2v) is 16.5. The summed E-state index contributed by atoms with van der Waals surface area (Å²) < 4.78 is 33.9. The first-order valence-electron chi connectivity index (χ1n) is 22.6. The van der Waals surface area contributed by atoms with Gasteiger partial charge in [0, 0.05) is 6.42 Å². The van der Waals surface area contributed by atoms with E-state index >= 15 is 0 Å². The fraction of sp³-hybridized carbons (Fsp3) is 0.884. The van der Waals surface area contributed by atoms with Crippen LogP contribution in [0.15, 0.2) is 24.3 Å². The van der Waals surface area contributed by atoms with Gasteiger partial charge in [-0.2, -0.15) is 0 Å². The zero-order valence-corrected chi connectivity index (χ0v) is 36.3. The average Bonchev–Trinajstić information content (AvgIpc) is 3.26. The molecule has 0 aromatic carbocycles. The highest BCUT2D eigenvalue weighted by Crippen LogP contribution is 2.33. The van der Waals surface area contributed by atoms with Gasteiger partial charge < -0.3 is 89.9 Å². The molecule has 0 saturated carbocycles. The Labute approximate surface area is 365 Å². The quantitative estimate of drug-likeness (QED) is 0.0326. The van der Waals surface area contributed by atoms with Crippen molar-refractivity contribution < 1.29 is 89.4 Å². The van der Waals surface area contributed by atoms with Gasteiger partial charge in [-0.05, 0) is 38.5 Å². The van der Waals surface area contributed by atoms with E-state index in [0.29, 0.717) is 6.42 Å². The lowest BCUT2D eigenvalue weighted by Crippen LogP contribution is -2.66. The highest BCUT2D eigenvalue weighted by atomic mass is 16.8. The molecule has 3 saturated heterocycles. The lowest BCUT2D eigenvalue weighted by atomic mass is 9.96. The normalized spacial score (nSPS) is 35.4. The third-order valence-corrected chi connectivity index (χ3v) is 11.5. The number of carbonyl (C=O) groups excluding carboxylic acids is 1. The molecule has 1 amide bonds. The highest BCUT2D eigenvalue weighted by Gasteiger charge is 2.53. The van der Waals surface area contributed by atoms with Crippen molar-refractivity contribution in [2.24, 2.45) is 0 Å². The highest BCUT2D eigenvalue weighted by molar-refractivity contribution is 5.76. The van der Waals surface area contributed by atoms with E-state index < -0.39 is 124 Å². The molecule has 0 spiro atoms. The molecule has 19 heteroatoms. The van der Waals surface area contributed by atoms with Gasteiger partial charge in [0.05, 0.1) is 38.6 Å². The number of aliphatic hydroxyl groups excluding tert-OH is 11. The summed E-state index contributed by atoms with van der Waals surface area (Å²) in [6.45, 7) is 1.51. The van der Waals surface area contributed by atoms with Crippen molar-refractivity contribution >= 4 is 5.91 Å². The van der Waals surface area contributed by atoms with Gasteiger partial charge in [0.1, 0.15) is 73.2 Å². The minimum atomic E-state index is -1.97. The standard InChI is InChI=1S/C43H77NO18/c1-3-5-7-9-11-12-13-14-15-17-19-21-31(49)44-26(27(48)20-18-16-10-8-6-4-2)25-57-41-37(55)34(52)39(29(23-46)59-41)62-43-38(56)35(53)40(30(24-47)60-43)61-42-36(54)33(51)32(50)28(22-45)58-42/h9,11,18,20,26-30,32-43,45-48,50-56H,3-8,10,12-17,19,21-25H2,1-2H3,(H,44,49)/b11-9-,20-18+. The molecule has 3 rings (SSSR count). The minimum Gasteiger partial charge on any atom is -0.394 e. The summed E-state index contributed by atoms with van der Waals surface area (Å²) in [6, 6.07) is -0.968. The van der Waals surface area contributed by atoms with Crippen LogP contribution in [0.25, 0.3) is 0 Å². The van der Waals surface area contributed by atoms with Gasteiger partial charge in [-0.15, -0.1) is 0 Å². The Morgan fingerprint density at radius 2 is 1.03 bits per heavy atom. The van der Waals surface area contributed by atoms with Crippen molar-refractivity contribution in [2.45, 2.75) is 214 Å². The summed E-state index contributed by atoms with van der Waals surface area (Å²) in [7, 11) is 0. The summed E-state index contributed by atoms with van der Waals surface area (Å²) in [5.41, 5.74) is 0. The van der Waals surface area contributed by atoms with Crippen LogP contribution in [0.1, 0.15) is 110 Å². The van der Waals surface area contributed by atoms with E-state index in [2.05, 4.69) is 31.3 Å².